The maximum Gasteiger partial charge on any atom is 0.120 e. The lowest BCUT2D eigenvalue weighted by molar-refractivity contribution is 0.00741. The average Bonchev–Trinajstić information content (AvgIpc) is 2.35. The van der Waals surface area contributed by atoms with Crippen molar-refractivity contribution in [2.75, 3.05) is 14.2 Å². The highest BCUT2D eigenvalue weighted by Crippen LogP contribution is 2.28. The van der Waals surface area contributed by atoms with E-state index in [2.05, 4.69) is 31.3 Å². The number of methoxy groups -OCH3 is 1. The molecule has 1 N–H and O–H groups in total. The Labute approximate surface area is 117 Å². The molecule has 0 saturated heterocycles. The van der Waals surface area contributed by atoms with Gasteiger partial charge >= 0.3 is 0 Å². The number of hydrogen-bond acceptors (Lipinski definition) is 3. The second-order valence-corrected chi connectivity index (χ2v) is 5.75. The van der Waals surface area contributed by atoms with Gasteiger partial charge in [0.25, 0.3) is 0 Å². The minimum absolute atomic E-state index is 0.150. The van der Waals surface area contributed by atoms with E-state index >= 15 is 0 Å². The largest absolute Gasteiger partial charge is 0.491 e. The van der Waals surface area contributed by atoms with Gasteiger partial charge in [-0.1, -0.05) is 12.1 Å². The summed E-state index contributed by atoms with van der Waals surface area (Å²) in [6.45, 7) is 8.28. The number of nitrogens with one attached hydrogen (secondary N) is 1. The molecule has 0 bridgehead atoms. The summed E-state index contributed by atoms with van der Waals surface area (Å²) < 4.78 is 11.3. The quantitative estimate of drug-likeness (QED) is 0.818. The normalized spacial score (nSPS) is 13.6. The van der Waals surface area contributed by atoms with Gasteiger partial charge in [0.15, 0.2) is 0 Å². The van der Waals surface area contributed by atoms with Crippen LogP contribution in [0.2, 0.25) is 0 Å². The Morgan fingerprint density at radius 3 is 2.47 bits per heavy atom. The zero-order chi connectivity index (χ0) is 14.5. The maximum atomic E-state index is 5.75. The smallest absolute Gasteiger partial charge is 0.120 e. The standard InChI is InChI=1S/C16H27NO2/c1-12(2)19-14-9-7-8-13(10-14)15(17-5)11-16(3,4)18-6/h7-10,12,15,17H,11H2,1-6H3. The summed E-state index contributed by atoms with van der Waals surface area (Å²) in [6, 6.07) is 8.52. The van der Waals surface area contributed by atoms with Crippen molar-refractivity contribution in [3.63, 3.8) is 0 Å². The molecule has 0 amide bonds. The highest BCUT2D eigenvalue weighted by Gasteiger charge is 2.23. The lowest BCUT2D eigenvalue weighted by atomic mass is 9.93. The Hall–Kier alpha value is -1.06. The van der Waals surface area contributed by atoms with Crippen molar-refractivity contribution in [3.8, 4) is 5.75 Å². The molecule has 3 nitrogen and oxygen atoms in total. The zero-order valence-corrected chi connectivity index (χ0v) is 13.0. The van der Waals surface area contributed by atoms with Crippen LogP contribution in [0.3, 0.4) is 0 Å². The predicted molar refractivity (Wildman–Crippen MR) is 79.7 cm³/mol. The molecule has 0 heterocycles. The maximum absolute atomic E-state index is 5.75. The number of hydrogen-bond donors (Lipinski definition) is 1. The summed E-state index contributed by atoms with van der Waals surface area (Å²) in [7, 11) is 3.73. The van der Waals surface area contributed by atoms with Gasteiger partial charge in [-0.25, -0.2) is 0 Å². The number of benzene rings is 1. The lowest BCUT2D eigenvalue weighted by Gasteiger charge is -2.29. The first-order valence-corrected chi connectivity index (χ1v) is 6.87. The van der Waals surface area contributed by atoms with Crippen LogP contribution in [-0.4, -0.2) is 25.9 Å². The first-order chi connectivity index (χ1) is 8.88. The van der Waals surface area contributed by atoms with Gasteiger partial charge in [-0.2, -0.15) is 0 Å². The van der Waals surface area contributed by atoms with E-state index in [9.17, 15) is 0 Å². The van der Waals surface area contributed by atoms with E-state index in [1.165, 1.54) is 5.56 Å². The first kappa shape index (κ1) is 16.0. The molecule has 108 valence electrons. The van der Waals surface area contributed by atoms with Crippen molar-refractivity contribution in [2.45, 2.75) is 51.9 Å². The minimum Gasteiger partial charge on any atom is -0.491 e. The van der Waals surface area contributed by atoms with Gasteiger partial charge in [0.1, 0.15) is 5.75 Å². The van der Waals surface area contributed by atoms with Crippen LogP contribution in [0.5, 0.6) is 5.75 Å². The second-order valence-electron chi connectivity index (χ2n) is 5.75. The molecule has 0 fully saturated rings. The Balaban J connectivity index is 2.86. The van der Waals surface area contributed by atoms with Crippen LogP contribution in [0.4, 0.5) is 0 Å². The summed E-state index contributed by atoms with van der Waals surface area (Å²) >= 11 is 0. The molecule has 0 spiro atoms. The van der Waals surface area contributed by atoms with Crippen molar-refractivity contribution < 1.29 is 9.47 Å². The highest BCUT2D eigenvalue weighted by molar-refractivity contribution is 5.31. The van der Waals surface area contributed by atoms with Crippen molar-refractivity contribution >= 4 is 0 Å². The third-order valence-corrected chi connectivity index (χ3v) is 3.23. The number of rotatable bonds is 7. The Bertz CT molecular complexity index is 388. The van der Waals surface area contributed by atoms with Gasteiger partial charge in [0, 0.05) is 13.2 Å². The minimum atomic E-state index is -0.150. The fourth-order valence-corrected chi connectivity index (χ4v) is 2.04. The summed E-state index contributed by atoms with van der Waals surface area (Å²) in [5.74, 6) is 0.919. The van der Waals surface area contributed by atoms with E-state index in [1.807, 2.05) is 33.0 Å². The molecule has 1 aromatic carbocycles. The van der Waals surface area contributed by atoms with E-state index in [4.69, 9.17) is 9.47 Å². The predicted octanol–water partition coefficient (Wildman–Crippen LogP) is 3.55. The lowest BCUT2D eigenvalue weighted by Crippen LogP contribution is -2.30. The van der Waals surface area contributed by atoms with Crippen LogP contribution in [0.15, 0.2) is 24.3 Å². The second kappa shape index (κ2) is 6.92. The fraction of sp³-hybridized carbons (Fsp3) is 0.625. The fourth-order valence-electron chi connectivity index (χ4n) is 2.04. The monoisotopic (exact) mass is 265 g/mol. The Morgan fingerprint density at radius 1 is 1.26 bits per heavy atom. The van der Waals surface area contributed by atoms with Crippen LogP contribution >= 0.6 is 0 Å². The number of ether oxygens (including phenoxy) is 2. The molecule has 0 radical (unpaired) electrons. The van der Waals surface area contributed by atoms with E-state index in [1.54, 1.807) is 7.11 Å². The molecule has 1 atom stereocenters. The van der Waals surface area contributed by atoms with E-state index in [0.29, 0.717) is 0 Å². The molecule has 3 heteroatoms. The molecule has 19 heavy (non-hydrogen) atoms. The van der Waals surface area contributed by atoms with Gasteiger partial charge < -0.3 is 14.8 Å². The summed E-state index contributed by atoms with van der Waals surface area (Å²) in [6.07, 6.45) is 1.10. The van der Waals surface area contributed by atoms with Crippen LogP contribution in [-0.2, 0) is 4.74 Å². The molecule has 0 saturated carbocycles. The molecular formula is C16H27NO2. The van der Waals surface area contributed by atoms with Crippen LogP contribution in [0.1, 0.15) is 45.7 Å². The molecule has 0 aliphatic carbocycles. The summed E-state index contributed by atoms with van der Waals surface area (Å²) in [5, 5.41) is 3.35. The molecule has 1 rings (SSSR count). The topological polar surface area (TPSA) is 30.5 Å². The highest BCUT2D eigenvalue weighted by atomic mass is 16.5. The molecule has 1 aromatic rings. The molecule has 0 aliphatic rings. The molecule has 0 aromatic heterocycles. The van der Waals surface area contributed by atoms with Gasteiger partial charge in [-0.05, 0) is 58.9 Å². The van der Waals surface area contributed by atoms with Gasteiger partial charge in [-0.3, -0.25) is 0 Å². The summed E-state index contributed by atoms with van der Waals surface area (Å²) in [5.41, 5.74) is 1.08. The van der Waals surface area contributed by atoms with Gasteiger partial charge in [0.2, 0.25) is 0 Å². The van der Waals surface area contributed by atoms with Gasteiger partial charge in [-0.15, -0.1) is 0 Å². The van der Waals surface area contributed by atoms with E-state index < -0.39 is 0 Å². The summed E-state index contributed by atoms with van der Waals surface area (Å²) in [4.78, 5) is 0. The molecule has 0 aliphatic heterocycles. The SMILES string of the molecule is CNC(CC(C)(C)OC)c1cccc(OC(C)C)c1. The first-order valence-electron chi connectivity index (χ1n) is 6.87. The van der Waals surface area contributed by atoms with Crippen LogP contribution in [0.25, 0.3) is 0 Å². The van der Waals surface area contributed by atoms with Crippen LogP contribution < -0.4 is 10.1 Å². The van der Waals surface area contributed by atoms with Crippen molar-refractivity contribution in [3.05, 3.63) is 29.8 Å². The van der Waals surface area contributed by atoms with E-state index in [-0.39, 0.29) is 17.7 Å². The average molecular weight is 265 g/mol. The van der Waals surface area contributed by atoms with Crippen molar-refractivity contribution in [2.24, 2.45) is 0 Å². The Morgan fingerprint density at radius 2 is 1.95 bits per heavy atom. The third-order valence-electron chi connectivity index (χ3n) is 3.23. The van der Waals surface area contributed by atoms with E-state index in [0.717, 1.165) is 12.2 Å². The zero-order valence-electron chi connectivity index (χ0n) is 13.0. The molecule has 1 unspecified atom stereocenters. The van der Waals surface area contributed by atoms with Crippen molar-refractivity contribution in [1.82, 2.24) is 5.32 Å². The third kappa shape index (κ3) is 5.21. The Kier molecular flexibility index (Phi) is 5.83. The van der Waals surface area contributed by atoms with Crippen molar-refractivity contribution in [1.29, 1.82) is 0 Å². The molecular weight excluding hydrogens is 238 g/mol. The van der Waals surface area contributed by atoms with Crippen LogP contribution in [0, 0.1) is 0 Å². The van der Waals surface area contributed by atoms with Gasteiger partial charge in [0.05, 0.1) is 11.7 Å².